The molecule has 1 aliphatic heterocycles. The summed E-state index contributed by atoms with van der Waals surface area (Å²) >= 11 is 0. The smallest absolute Gasteiger partial charge is 0.256 e. The van der Waals surface area contributed by atoms with Crippen molar-refractivity contribution in [1.29, 1.82) is 0 Å². The molecule has 1 saturated heterocycles. The molecule has 1 aromatic rings. The lowest BCUT2D eigenvalue weighted by Gasteiger charge is -2.27. The van der Waals surface area contributed by atoms with E-state index < -0.39 is 0 Å². The molecule has 104 valence electrons. The summed E-state index contributed by atoms with van der Waals surface area (Å²) in [5.74, 6) is 0.0513. The van der Waals surface area contributed by atoms with E-state index in [0.29, 0.717) is 0 Å². The highest BCUT2D eigenvalue weighted by molar-refractivity contribution is 5.99. The third-order valence-corrected chi connectivity index (χ3v) is 3.83. The number of ether oxygens (including phenoxy) is 1. The molecule has 0 radical (unpaired) electrons. The highest BCUT2D eigenvalue weighted by atomic mass is 16.5. The Morgan fingerprint density at radius 1 is 1.47 bits per heavy atom. The van der Waals surface area contributed by atoms with Gasteiger partial charge in [-0.2, -0.15) is 0 Å². The third kappa shape index (κ3) is 2.73. The van der Waals surface area contributed by atoms with Crippen LogP contribution in [0.15, 0.2) is 18.2 Å². The first-order chi connectivity index (χ1) is 9.04. The fourth-order valence-electron chi connectivity index (χ4n) is 2.62. The van der Waals surface area contributed by atoms with Gasteiger partial charge in [0.1, 0.15) is 0 Å². The lowest BCUT2D eigenvalue weighted by Crippen LogP contribution is -2.41. The minimum Gasteiger partial charge on any atom is -0.387 e. The van der Waals surface area contributed by atoms with Crippen LogP contribution in [0.4, 0.5) is 5.69 Å². The molecule has 2 atom stereocenters. The summed E-state index contributed by atoms with van der Waals surface area (Å²) in [5, 5.41) is 3.08. The van der Waals surface area contributed by atoms with Crippen molar-refractivity contribution in [2.75, 3.05) is 26.0 Å². The van der Waals surface area contributed by atoms with E-state index in [0.717, 1.165) is 29.8 Å². The van der Waals surface area contributed by atoms with E-state index in [2.05, 4.69) is 5.32 Å². The first kappa shape index (κ1) is 13.9. The number of benzene rings is 1. The maximum Gasteiger partial charge on any atom is 0.256 e. The number of nitrogens with one attached hydrogen (secondary N) is 1. The topological polar surface area (TPSA) is 41.6 Å². The normalized spacial score (nSPS) is 22.3. The Morgan fingerprint density at radius 3 is 2.79 bits per heavy atom. The summed E-state index contributed by atoms with van der Waals surface area (Å²) in [4.78, 5) is 14.5. The van der Waals surface area contributed by atoms with Crippen molar-refractivity contribution in [3.05, 3.63) is 29.3 Å². The Balaban J connectivity index is 2.25. The van der Waals surface area contributed by atoms with Gasteiger partial charge in [0.25, 0.3) is 5.91 Å². The molecule has 0 bridgehead atoms. The summed E-state index contributed by atoms with van der Waals surface area (Å²) < 4.78 is 5.54. The maximum atomic E-state index is 12.6. The van der Waals surface area contributed by atoms with Crippen molar-refractivity contribution in [3.63, 3.8) is 0 Å². The summed E-state index contributed by atoms with van der Waals surface area (Å²) in [6.45, 7) is 4.75. The van der Waals surface area contributed by atoms with Gasteiger partial charge in [-0.3, -0.25) is 4.79 Å². The van der Waals surface area contributed by atoms with E-state index >= 15 is 0 Å². The van der Waals surface area contributed by atoms with E-state index in [4.69, 9.17) is 4.74 Å². The van der Waals surface area contributed by atoms with Crippen LogP contribution in [-0.4, -0.2) is 43.7 Å². The second-order valence-electron chi connectivity index (χ2n) is 5.15. The molecule has 1 heterocycles. The Morgan fingerprint density at radius 2 is 2.21 bits per heavy atom. The van der Waals surface area contributed by atoms with E-state index in [1.54, 1.807) is 0 Å². The number of anilines is 1. The molecule has 4 heteroatoms. The van der Waals surface area contributed by atoms with Gasteiger partial charge < -0.3 is 15.0 Å². The second kappa shape index (κ2) is 5.61. The number of hydrogen-bond acceptors (Lipinski definition) is 3. The van der Waals surface area contributed by atoms with Gasteiger partial charge in [0.05, 0.1) is 17.7 Å². The maximum absolute atomic E-state index is 12.6. The predicted molar refractivity (Wildman–Crippen MR) is 76.6 cm³/mol. The molecule has 0 aliphatic carbocycles. The van der Waals surface area contributed by atoms with Gasteiger partial charge >= 0.3 is 0 Å². The van der Waals surface area contributed by atoms with Gasteiger partial charge in [-0.25, -0.2) is 0 Å². The standard InChI is InChI=1S/C15H22N2O2/c1-10-5-6-13(16-3)12(9-10)15(18)17(4)14-7-8-19-11(14)2/h5-6,9,11,14,16H,7-8H2,1-4H3. The fourth-order valence-corrected chi connectivity index (χ4v) is 2.62. The first-order valence-corrected chi connectivity index (χ1v) is 6.71. The molecule has 0 saturated carbocycles. The first-order valence-electron chi connectivity index (χ1n) is 6.71. The highest BCUT2D eigenvalue weighted by Gasteiger charge is 2.31. The lowest BCUT2D eigenvalue weighted by molar-refractivity contribution is 0.0575. The van der Waals surface area contributed by atoms with Crippen LogP contribution in [0.25, 0.3) is 0 Å². The van der Waals surface area contributed by atoms with Crippen LogP contribution in [0, 0.1) is 6.92 Å². The highest BCUT2D eigenvalue weighted by Crippen LogP contribution is 2.23. The second-order valence-corrected chi connectivity index (χ2v) is 5.15. The van der Waals surface area contributed by atoms with Gasteiger partial charge in [-0.1, -0.05) is 11.6 Å². The van der Waals surface area contributed by atoms with Crippen LogP contribution in [-0.2, 0) is 4.74 Å². The minimum absolute atomic E-state index is 0.0513. The third-order valence-electron chi connectivity index (χ3n) is 3.83. The van der Waals surface area contributed by atoms with Crippen LogP contribution < -0.4 is 5.32 Å². The number of carbonyl (C=O) groups excluding carboxylic acids is 1. The Hall–Kier alpha value is -1.55. The van der Waals surface area contributed by atoms with E-state index in [1.165, 1.54) is 0 Å². The van der Waals surface area contributed by atoms with Crippen molar-refractivity contribution in [2.24, 2.45) is 0 Å². The number of amides is 1. The molecule has 1 aromatic carbocycles. The summed E-state index contributed by atoms with van der Waals surface area (Å²) in [5.41, 5.74) is 2.68. The number of nitrogens with zero attached hydrogens (tertiary/aromatic N) is 1. The number of likely N-dealkylation sites (N-methyl/N-ethyl adjacent to an activating group) is 1. The van der Waals surface area contributed by atoms with E-state index in [9.17, 15) is 4.79 Å². The average Bonchev–Trinajstić information content (AvgIpc) is 2.83. The molecule has 1 amide bonds. The molecule has 0 aromatic heterocycles. The molecule has 1 fully saturated rings. The Labute approximate surface area is 114 Å². The molecule has 2 rings (SSSR count). The van der Waals surface area contributed by atoms with Crippen LogP contribution in [0.3, 0.4) is 0 Å². The SMILES string of the molecule is CNc1ccc(C)cc1C(=O)N(C)C1CCOC1C. The van der Waals surface area contributed by atoms with Crippen LogP contribution in [0.5, 0.6) is 0 Å². The van der Waals surface area contributed by atoms with Crippen LogP contribution in [0.2, 0.25) is 0 Å². The molecule has 0 spiro atoms. The largest absolute Gasteiger partial charge is 0.387 e. The van der Waals surface area contributed by atoms with Crippen LogP contribution >= 0.6 is 0 Å². The van der Waals surface area contributed by atoms with Crippen molar-refractivity contribution in [3.8, 4) is 0 Å². The van der Waals surface area contributed by atoms with Gasteiger partial charge in [0.15, 0.2) is 0 Å². The Bertz CT molecular complexity index is 473. The van der Waals surface area contributed by atoms with Crippen LogP contribution in [0.1, 0.15) is 29.3 Å². The zero-order valence-electron chi connectivity index (χ0n) is 12.1. The van der Waals surface area contributed by atoms with E-state index in [-0.39, 0.29) is 18.1 Å². The molecule has 1 aliphatic rings. The van der Waals surface area contributed by atoms with Crippen molar-refractivity contribution < 1.29 is 9.53 Å². The quantitative estimate of drug-likeness (QED) is 0.908. The van der Waals surface area contributed by atoms with Crippen molar-refractivity contribution in [1.82, 2.24) is 4.90 Å². The molecular weight excluding hydrogens is 240 g/mol. The number of carbonyl (C=O) groups is 1. The van der Waals surface area contributed by atoms with Crippen molar-refractivity contribution >= 4 is 11.6 Å². The van der Waals surface area contributed by atoms with Gasteiger partial charge in [0.2, 0.25) is 0 Å². The lowest BCUT2D eigenvalue weighted by atomic mass is 10.1. The molecule has 19 heavy (non-hydrogen) atoms. The number of rotatable bonds is 3. The molecular formula is C15H22N2O2. The molecule has 1 N–H and O–H groups in total. The number of hydrogen-bond donors (Lipinski definition) is 1. The molecule has 2 unspecified atom stereocenters. The zero-order chi connectivity index (χ0) is 14.0. The summed E-state index contributed by atoms with van der Waals surface area (Å²) in [6, 6.07) is 6.05. The zero-order valence-corrected chi connectivity index (χ0v) is 12.1. The van der Waals surface area contributed by atoms with Gasteiger partial charge in [0, 0.05) is 26.4 Å². The average molecular weight is 262 g/mol. The monoisotopic (exact) mass is 262 g/mol. The predicted octanol–water partition coefficient (Wildman–Crippen LogP) is 2.29. The summed E-state index contributed by atoms with van der Waals surface area (Å²) in [6.07, 6.45) is 1.01. The molecule has 4 nitrogen and oxygen atoms in total. The van der Waals surface area contributed by atoms with Gasteiger partial charge in [-0.05, 0) is 32.4 Å². The number of aryl methyl sites for hydroxylation is 1. The van der Waals surface area contributed by atoms with Crippen molar-refractivity contribution in [2.45, 2.75) is 32.4 Å². The Kier molecular flexibility index (Phi) is 4.10. The summed E-state index contributed by atoms with van der Waals surface area (Å²) in [7, 11) is 3.70. The van der Waals surface area contributed by atoms with E-state index in [1.807, 2.05) is 51.0 Å². The minimum atomic E-state index is 0.0513. The fraction of sp³-hybridized carbons (Fsp3) is 0.533. The van der Waals surface area contributed by atoms with Gasteiger partial charge in [-0.15, -0.1) is 0 Å².